The molecule has 0 saturated heterocycles. The Hall–Kier alpha value is -2.37. The molecule has 0 aliphatic heterocycles. The van der Waals surface area contributed by atoms with E-state index in [1.54, 1.807) is 12.1 Å². The summed E-state index contributed by atoms with van der Waals surface area (Å²) in [7, 11) is 0. The van der Waals surface area contributed by atoms with Gasteiger partial charge in [-0.15, -0.1) is 0 Å². The van der Waals surface area contributed by atoms with Crippen molar-refractivity contribution in [2.24, 2.45) is 5.73 Å². The first-order valence-electron chi connectivity index (χ1n) is 7.44. The number of nitrogens with two attached hydrogens (primary N) is 1. The summed E-state index contributed by atoms with van der Waals surface area (Å²) in [5, 5.41) is 26.0. The molecule has 2 rings (SSSR count). The average Bonchev–Trinajstić information content (AvgIpc) is 2.56. The van der Waals surface area contributed by atoms with Gasteiger partial charge in [-0.3, -0.25) is 4.79 Å². The molecule has 0 heterocycles. The number of aliphatic hydroxyl groups is 1. The fourth-order valence-electron chi connectivity index (χ4n) is 1.90. The summed E-state index contributed by atoms with van der Waals surface area (Å²) < 4.78 is 0. The summed E-state index contributed by atoms with van der Waals surface area (Å²) in [5.41, 5.74) is 7.43. The zero-order valence-corrected chi connectivity index (χ0v) is 12.9. The van der Waals surface area contributed by atoms with Crippen molar-refractivity contribution >= 4 is 5.97 Å². The lowest BCUT2D eigenvalue weighted by Gasteiger charge is -2.05. The van der Waals surface area contributed by atoms with E-state index in [4.69, 9.17) is 21.1 Å². The third-order valence-electron chi connectivity index (χ3n) is 3.18. The monoisotopic (exact) mass is 317 g/mol. The molecule has 0 spiro atoms. The lowest BCUT2D eigenvalue weighted by atomic mass is 10.1. The minimum Gasteiger partial charge on any atom is -0.508 e. The van der Waals surface area contributed by atoms with E-state index in [0.29, 0.717) is 0 Å². The van der Waals surface area contributed by atoms with Crippen molar-refractivity contribution in [2.75, 3.05) is 6.61 Å². The molecule has 0 radical (unpaired) electrons. The second kappa shape index (κ2) is 10.4. The van der Waals surface area contributed by atoms with Gasteiger partial charge in [0.2, 0.25) is 0 Å². The van der Waals surface area contributed by atoms with E-state index in [1.807, 2.05) is 18.2 Å². The number of aryl methyl sites for hydroxylation is 1. The van der Waals surface area contributed by atoms with E-state index >= 15 is 0 Å². The smallest absolute Gasteiger partial charge is 0.320 e. The van der Waals surface area contributed by atoms with Crippen LogP contribution in [0.5, 0.6) is 5.75 Å². The number of carbonyl (C=O) groups is 1. The first kappa shape index (κ1) is 18.7. The zero-order chi connectivity index (χ0) is 17.1. The maximum absolute atomic E-state index is 10.4. The number of aliphatic carboxylic acids is 1. The first-order valence-corrected chi connectivity index (χ1v) is 7.44. The number of hydrogen-bond acceptors (Lipinski definition) is 4. The summed E-state index contributed by atoms with van der Waals surface area (Å²) in [5.74, 6) is -0.860. The molecule has 5 N–H and O–H groups in total. The van der Waals surface area contributed by atoms with Gasteiger partial charge in [-0.05, 0) is 42.5 Å². The van der Waals surface area contributed by atoms with Gasteiger partial charge in [-0.1, -0.05) is 42.5 Å². The second-order valence-corrected chi connectivity index (χ2v) is 5.13. The summed E-state index contributed by atoms with van der Waals surface area (Å²) in [6, 6.07) is 15.6. The van der Waals surface area contributed by atoms with Gasteiger partial charge in [-0.2, -0.15) is 0 Å². The van der Waals surface area contributed by atoms with Crippen molar-refractivity contribution in [3.8, 4) is 5.75 Å². The van der Waals surface area contributed by atoms with Crippen molar-refractivity contribution in [3.05, 3.63) is 65.7 Å². The first-order chi connectivity index (χ1) is 11.0. The molecule has 0 amide bonds. The maximum Gasteiger partial charge on any atom is 0.320 e. The number of rotatable bonds is 6. The molecule has 2 aromatic carbocycles. The van der Waals surface area contributed by atoms with Crippen LogP contribution in [-0.4, -0.2) is 33.9 Å². The predicted molar refractivity (Wildman–Crippen MR) is 89.3 cm³/mol. The molecule has 1 unspecified atom stereocenters. The SMILES string of the molecule is NC(Cc1ccc(O)cc1)C(=O)O.OCCCc1ccccc1. The summed E-state index contributed by atoms with van der Waals surface area (Å²) >= 11 is 0. The average molecular weight is 317 g/mol. The van der Waals surface area contributed by atoms with Crippen molar-refractivity contribution in [1.29, 1.82) is 0 Å². The molecule has 5 nitrogen and oxygen atoms in total. The van der Waals surface area contributed by atoms with Crippen LogP contribution < -0.4 is 5.73 Å². The van der Waals surface area contributed by atoms with Crippen molar-refractivity contribution < 1.29 is 20.1 Å². The second-order valence-electron chi connectivity index (χ2n) is 5.13. The van der Waals surface area contributed by atoms with Gasteiger partial charge in [0.05, 0.1) is 0 Å². The zero-order valence-electron chi connectivity index (χ0n) is 12.9. The Morgan fingerprint density at radius 2 is 1.61 bits per heavy atom. The Morgan fingerprint density at radius 1 is 1.00 bits per heavy atom. The number of hydrogen-bond donors (Lipinski definition) is 4. The standard InChI is InChI=1S/C9H11NO3.C9H12O/c10-8(9(12)13)5-6-1-3-7(11)4-2-6;10-8-4-7-9-5-2-1-3-6-9/h1-4,8,11H,5,10H2,(H,12,13);1-3,5-6,10H,4,7-8H2. The van der Waals surface area contributed by atoms with Gasteiger partial charge in [-0.25, -0.2) is 0 Å². The lowest BCUT2D eigenvalue weighted by molar-refractivity contribution is -0.138. The number of carboxylic acid groups (broad SMARTS) is 1. The van der Waals surface area contributed by atoms with E-state index in [0.717, 1.165) is 18.4 Å². The molecular weight excluding hydrogens is 294 g/mol. The van der Waals surface area contributed by atoms with Crippen LogP contribution in [0.15, 0.2) is 54.6 Å². The fourth-order valence-corrected chi connectivity index (χ4v) is 1.90. The van der Waals surface area contributed by atoms with Crippen LogP contribution in [0.2, 0.25) is 0 Å². The van der Waals surface area contributed by atoms with E-state index in [1.165, 1.54) is 17.7 Å². The minimum atomic E-state index is -1.02. The molecule has 23 heavy (non-hydrogen) atoms. The number of carboxylic acids is 1. The van der Waals surface area contributed by atoms with Crippen LogP contribution in [0.4, 0.5) is 0 Å². The third kappa shape index (κ3) is 7.99. The normalized spacial score (nSPS) is 11.2. The number of benzene rings is 2. The van der Waals surface area contributed by atoms with E-state index in [-0.39, 0.29) is 18.8 Å². The lowest BCUT2D eigenvalue weighted by Crippen LogP contribution is -2.32. The minimum absolute atomic E-state index is 0.160. The molecule has 0 saturated carbocycles. The predicted octanol–water partition coefficient (Wildman–Crippen LogP) is 1.96. The molecule has 0 bridgehead atoms. The van der Waals surface area contributed by atoms with Crippen molar-refractivity contribution in [2.45, 2.75) is 25.3 Å². The molecule has 2 aromatic rings. The van der Waals surface area contributed by atoms with Gasteiger partial charge in [0.25, 0.3) is 0 Å². The highest BCUT2D eigenvalue weighted by Crippen LogP contribution is 2.10. The van der Waals surface area contributed by atoms with Gasteiger partial charge >= 0.3 is 5.97 Å². The molecule has 0 aliphatic carbocycles. The van der Waals surface area contributed by atoms with E-state index in [9.17, 15) is 4.79 Å². The molecule has 124 valence electrons. The Kier molecular flexibility index (Phi) is 8.42. The molecule has 1 atom stereocenters. The highest BCUT2D eigenvalue weighted by Gasteiger charge is 2.11. The highest BCUT2D eigenvalue weighted by atomic mass is 16.4. The highest BCUT2D eigenvalue weighted by molar-refractivity contribution is 5.73. The molecule has 0 aromatic heterocycles. The van der Waals surface area contributed by atoms with Crippen molar-refractivity contribution in [3.63, 3.8) is 0 Å². The molecule has 0 aliphatic rings. The Labute approximate surface area is 136 Å². The molecule has 0 fully saturated rings. The van der Waals surface area contributed by atoms with Gasteiger partial charge in [0.15, 0.2) is 0 Å². The van der Waals surface area contributed by atoms with Crippen LogP contribution in [0, 0.1) is 0 Å². The quantitative estimate of drug-likeness (QED) is 0.652. The van der Waals surface area contributed by atoms with Crippen LogP contribution in [-0.2, 0) is 17.6 Å². The topological polar surface area (TPSA) is 104 Å². The maximum atomic E-state index is 10.4. The fraction of sp³-hybridized carbons (Fsp3) is 0.278. The van der Waals surface area contributed by atoms with Crippen LogP contribution >= 0.6 is 0 Å². The number of aliphatic hydroxyl groups excluding tert-OH is 1. The number of aromatic hydroxyl groups is 1. The summed E-state index contributed by atoms with van der Waals surface area (Å²) in [6.07, 6.45) is 2.12. The number of phenolic OH excluding ortho intramolecular Hbond substituents is 1. The van der Waals surface area contributed by atoms with E-state index < -0.39 is 12.0 Å². The van der Waals surface area contributed by atoms with Gasteiger partial charge < -0.3 is 21.1 Å². The molecule has 5 heteroatoms. The van der Waals surface area contributed by atoms with Crippen LogP contribution in [0.3, 0.4) is 0 Å². The molecular formula is C18H23NO4. The van der Waals surface area contributed by atoms with Crippen LogP contribution in [0.1, 0.15) is 17.5 Å². The Balaban J connectivity index is 0.000000238. The number of phenols is 1. The largest absolute Gasteiger partial charge is 0.508 e. The van der Waals surface area contributed by atoms with E-state index in [2.05, 4.69) is 12.1 Å². The Morgan fingerprint density at radius 3 is 2.13 bits per heavy atom. The van der Waals surface area contributed by atoms with Crippen molar-refractivity contribution in [1.82, 2.24) is 0 Å². The van der Waals surface area contributed by atoms with Crippen LogP contribution in [0.25, 0.3) is 0 Å². The third-order valence-corrected chi connectivity index (χ3v) is 3.18. The van der Waals surface area contributed by atoms with Gasteiger partial charge in [0.1, 0.15) is 11.8 Å². The summed E-state index contributed by atoms with van der Waals surface area (Å²) in [4.78, 5) is 10.4. The summed E-state index contributed by atoms with van der Waals surface area (Å²) in [6.45, 7) is 0.287. The van der Waals surface area contributed by atoms with Gasteiger partial charge in [0, 0.05) is 6.61 Å². The Bertz CT molecular complexity index is 569.